The molecule has 138 valence electrons. The number of hydrogen-bond donors (Lipinski definition) is 0. The molecule has 26 heavy (non-hydrogen) atoms. The summed E-state index contributed by atoms with van der Waals surface area (Å²) >= 11 is 0. The third kappa shape index (κ3) is 4.40. The maximum absolute atomic E-state index is 13.0. The van der Waals surface area contributed by atoms with Gasteiger partial charge in [0.25, 0.3) is 10.1 Å². The van der Waals surface area contributed by atoms with E-state index in [1.165, 1.54) is 12.1 Å². The fraction of sp³-hybridized carbons (Fsp3) is 0.381. The van der Waals surface area contributed by atoms with E-state index in [0.717, 1.165) is 37.7 Å². The number of benzene rings is 2. The van der Waals surface area contributed by atoms with E-state index in [9.17, 15) is 13.2 Å². The first-order valence-electron chi connectivity index (χ1n) is 9.06. The molecule has 1 atom stereocenters. The van der Waals surface area contributed by atoms with Crippen LogP contribution in [0.2, 0.25) is 0 Å². The van der Waals surface area contributed by atoms with Gasteiger partial charge in [0.2, 0.25) is 0 Å². The lowest BCUT2D eigenvalue weighted by atomic mass is 9.82. The van der Waals surface area contributed by atoms with Gasteiger partial charge in [0, 0.05) is 5.56 Å². The molecule has 4 nitrogen and oxygen atoms in total. The van der Waals surface area contributed by atoms with Crippen LogP contribution in [-0.4, -0.2) is 20.3 Å². The summed E-state index contributed by atoms with van der Waals surface area (Å²) in [6, 6.07) is 15.3. The summed E-state index contributed by atoms with van der Waals surface area (Å²) in [5.74, 6) is -0.329. The first kappa shape index (κ1) is 18.8. The van der Waals surface area contributed by atoms with Crippen molar-refractivity contribution >= 4 is 15.9 Å². The van der Waals surface area contributed by atoms with Gasteiger partial charge in [-0.05, 0) is 37.8 Å². The predicted octanol–water partition coefficient (Wildman–Crippen LogP) is 4.53. The van der Waals surface area contributed by atoms with Gasteiger partial charge in [-0.3, -0.25) is 8.98 Å². The van der Waals surface area contributed by atoms with Crippen molar-refractivity contribution < 1.29 is 17.4 Å². The van der Waals surface area contributed by atoms with Crippen LogP contribution in [0.1, 0.15) is 48.0 Å². The molecule has 1 fully saturated rings. The van der Waals surface area contributed by atoms with Gasteiger partial charge in [-0.1, -0.05) is 67.3 Å². The van der Waals surface area contributed by atoms with Crippen molar-refractivity contribution in [3.05, 3.63) is 65.7 Å². The van der Waals surface area contributed by atoms with Crippen LogP contribution >= 0.6 is 0 Å². The molecule has 0 radical (unpaired) electrons. The van der Waals surface area contributed by atoms with Crippen molar-refractivity contribution in [1.82, 2.24) is 0 Å². The molecule has 1 saturated carbocycles. The minimum Gasteiger partial charge on any atom is -0.291 e. The Morgan fingerprint density at radius 1 is 0.962 bits per heavy atom. The Bertz CT molecular complexity index is 835. The molecule has 3 rings (SSSR count). The summed E-state index contributed by atoms with van der Waals surface area (Å²) in [7, 11) is -4.00. The highest BCUT2D eigenvalue weighted by Gasteiger charge is 2.35. The zero-order valence-electron chi connectivity index (χ0n) is 14.9. The number of hydrogen-bond acceptors (Lipinski definition) is 4. The Labute approximate surface area is 155 Å². The van der Waals surface area contributed by atoms with E-state index in [2.05, 4.69) is 0 Å². The number of Topliss-reactive ketones (excluding diaryl/α,β-unsaturated/α-hetero) is 1. The third-order valence-corrected chi connectivity index (χ3v) is 6.24. The summed E-state index contributed by atoms with van der Waals surface area (Å²) in [5.41, 5.74) is 1.45. The fourth-order valence-electron chi connectivity index (χ4n) is 3.44. The Balaban J connectivity index is 1.90. The van der Waals surface area contributed by atoms with Crippen LogP contribution in [0.15, 0.2) is 59.5 Å². The lowest BCUT2D eigenvalue weighted by Crippen LogP contribution is -2.36. The molecule has 2 aromatic carbocycles. The lowest BCUT2D eigenvalue weighted by Gasteiger charge is -2.28. The van der Waals surface area contributed by atoms with Crippen molar-refractivity contribution in [2.24, 2.45) is 5.92 Å². The van der Waals surface area contributed by atoms with Crippen LogP contribution in [0, 0.1) is 12.8 Å². The highest BCUT2D eigenvalue weighted by Crippen LogP contribution is 2.31. The van der Waals surface area contributed by atoms with E-state index in [1.807, 2.05) is 13.0 Å². The van der Waals surface area contributed by atoms with Crippen molar-refractivity contribution in [3.63, 3.8) is 0 Å². The van der Waals surface area contributed by atoms with E-state index < -0.39 is 16.2 Å². The molecule has 1 unspecified atom stereocenters. The second-order valence-electron chi connectivity index (χ2n) is 6.91. The van der Waals surface area contributed by atoms with Gasteiger partial charge in [-0.2, -0.15) is 8.42 Å². The summed E-state index contributed by atoms with van der Waals surface area (Å²) in [5, 5.41) is 0. The largest absolute Gasteiger partial charge is 0.297 e. The van der Waals surface area contributed by atoms with Crippen molar-refractivity contribution in [2.45, 2.75) is 50.0 Å². The summed E-state index contributed by atoms with van der Waals surface area (Å²) in [4.78, 5) is 13.1. The SMILES string of the molecule is Cc1ccc(S(=O)(=O)OC(C(=O)c2ccccc2)C2CCCCC2)cc1. The summed E-state index contributed by atoms with van der Waals surface area (Å²) in [6.45, 7) is 1.89. The van der Waals surface area contributed by atoms with Crippen LogP contribution in [0.25, 0.3) is 0 Å². The maximum atomic E-state index is 13.0. The normalized spacial score (nSPS) is 17.0. The van der Waals surface area contributed by atoms with Crippen molar-refractivity contribution in [3.8, 4) is 0 Å². The topological polar surface area (TPSA) is 60.4 Å². The Hall–Kier alpha value is -1.98. The highest BCUT2D eigenvalue weighted by atomic mass is 32.2. The summed E-state index contributed by atoms with van der Waals surface area (Å²) in [6.07, 6.45) is 3.77. The van der Waals surface area contributed by atoms with Crippen molar-refractivity contribution in [1.29, 1.82) is 0 Å². The van der Waals surface area contributed by atoms with Crippen LogP contribution < -0.4 is 0 Å². The van der Waals surface area contributed by atoms with Gasteiger partial charge in [-0.15, -0.1) is 0 Å². The van der Waals surface area contributed by atoms with E-state index in [0.29, 0.717) is 5.56 Å². The monoisotopic (exact) mass is 372 g/mol. The van der Waals surface area contributed by atoms with E-state index >= 15 is 0 Å². The van der Waals surface area contributed by atoms with E-state index in [1.54, 1.807) is 36.4 Å². The minimum absolute atomic E-state index is 0.0725. The van der Waals surface area contributed by atoms with Gasteiger partial charge >= 0.3 is 0 Å². The molecule has 0 spiro atoms. The second-order valence-corrected chi connectivity index (χ2v) is 8.48. The van der Waals surface area contributed by atoms with Gasteiger partial charge in [0.15, 0.2) is 5.78 Å². The van der Waals surface area contributed by atoms with Gasteiger partial charge in [0.1, 0.15) is 6.10 Å². The zero-order chi connectivity index (χ0) is 18.6. The fourth-order valence-corrected chi connectivity index (χ4v) is 4.53. The molecule has 0 N–H and O–H groups in total. The molecule has 0 amide bonds. The quantitative estimate of drug-likeness (QED) is 0.552. The van der Waals surface area contributed by atoms with Crippen LogP contribution in [0.4, 0.5) is 0 Å². The number of rotatable bonds is 6. The van der Waals surface area contributed by atoms with Crippen LogP contribution in [0.5, 0.6) is 0 Å². The Kier molecular flexibility index (Phi) is 5.89. The molecule has 0 heterocycles. The number of carbonyl (C=O) groups excluding carboxylic acids is 1. The summed E-state index contributed by atoms with van der Waals surface area (Å²) < 4.78 is 31.1. The van der Waals surface area contributed by atoms with Gasteiger partial charge < -0.3 is 0 Å². The minimum atomic E-state index is -4.00. The van der Waals surface area contributed by atoms with Gasteiger partial charge in [-0.25, -0.2) is 0 Å². The van der Waals surface area contributed by atoms with E-state index in [4.69, 9.17) is 4.18 Å². The number of aryl methyl sites for hydroxylation is 1. The molecule has 1 aliphatic carbocycles. The molecule has 1 aliphatic rings. The molecule has 5 heteroatoms. The number of carbonyl (C=O) groups is 1. The standard InChI is InChI=1S/C21H24O4S/c1-16-12-14-19(15-13-16)26(23,24)25-21(18-10-6-3-7-11-18)20(22)17-8-4-2-5-9-17/h2,4-5,8-9,12-15,18,21H,3,6-7,10-11H2,1H3. The number of ketones is 1. The smallest absolute Gasteiger partial charge is 0.291 e. The average Bonchev–Trinajstić information content (AvgIpc) is 2.67. The van der Waals surface area contributed by atoms with Gasteiger partial charge in [0.05, 0.1) is 4.90 Å². The molecular weight excluding hydrogens is 348 g/mol. The van der Waals surface area contributed by atoms with Crippen molar-refractivity contribution in [2.75, 3.05) is 0 Å². The molecule has 0 saturated heterocycles. The maximum Gasteiger partial charge on any atom is 0.297 e. The zero-order valence-corrected chi connectivity index (χ0v) is 15.7. The highest BCUT2D eigenvalue weighted by molar-refractivity contribution is 7.86. The molecule has 2 aromatic rings. The predicted molar refractivity (Wildman–Crippen MR) is 101 cm³/mol. The Morgan fingerprint density at radius 2 is 1.58 bits per heavy atom. The van der Waals surface area contributed by atoms with Crippen LogP contribution in [0.3, 0.4) is 0 Å². The first-order valence-corrected chi connectivity index (χ1v) is 10.5. The molecule has 0 bridgehead atoms. The average molecular weight is 372 g/mol. The third-order valence-electron chi connectivity index (χ3n) is 4.93. The Morgan fingerprint density at radius 3 is 2.19 bits per heavy atom. The van der Waals surface area contributed by atoms with E-state index in [-0.39, 0.29) is 16.6 Å². The molecule has 0 aliphatic heterocycles. The molecule has 0 aromatic heterocycles. The molecular formula is C21H24O4S. The second kappa shape index (κ2) is 8.14. The van der Waals surface area contributed by atoms with Crippen LogP contribution in [-0.2, 0) is 14.3 Å². The lowest BCUT2D eigenvalue weighted by molar-refractivity contribution is 0.0634. The first-order chi connectivity index (χ1) is 12.5.